The quantitative estimate of drug-likeness (QED) is 0.750. The molecule has 1 N–H and O–H groups in total. The summed E-state index contributed by atoms with van der Waals surface area (Å²) in [4.78, 5) is 11.6. The van der Waals surface area contributed by atoms with E-state index in [4.69, 9.17) is 0 Å². The number of alkyl halides is 3. The van der Waals surface area contributed by atoms with E-state index in [-0.39, 0.29) is 11.6 Å². The highest BCUT2D eigenvalue weighted by Gasteiger charge is 2.34. The van der Waals surface area contributed by atoms with E-state index >= 15 is 0 Å². The predicted molar refractivity (Wildman–Crippen MR) is 89.4 cm³/mol. The molecule has 5 nitrogen and oxygen atoms in total. The van der Waals surface area contributed by atoms with Crippen molar-refractivity contribution in [2.24, 2.45) is 0 Å². The average molecular weight is 355 g/mol. The summed E-state index contributed by atoms with van der Waals surface area (Å²) < 4.78 is 39.7. The van der Waals surface area contributed by atoms with Crippen LogP contribution in [0.2, 0.25) is 0 Å². The molecule has 0 aliphatic carbocycles. The summed E-state index contributed by atoms with van der Waals surface area (Å²) in [6, 6.07) is 11.0. The van der Waals surface area contributed by atoms with Gasteiger partial charge in [-0.1, -0.05) is 6.07 Å². The monoisotopic (exact) mass is 355 g/mol. The first kappa shape index (κ1) is 17.4. The topological polar surface area (TPSA) is 74.5 Å². The van der Waals surface area contributed by atoms with Gasteiger partial charge in [0.1, 0.15) is 11.9 Å². The number of aryl methyl sites for hydroxylation is 1. The highest BCUT2D eigenvalue weighted by Crippen LogP contribution is 2.32. The van der Waals surface area contributed by atoms with Crippen molar-refractivity contribution in [1.29, 1.82) is 5.26 Å². The maximum Gasteiger partial charge on any atom is 0.433 e. The van der Waals surface area contributed by atoms with E-state index in [2.05, 4.69) is 20.3 Å². The second-order valence-electron chi connectivity index (χ2n) is 5.49. The number of hydrogen-bond donors (Lipinski definition) is 1. The molecule has 3 aromatic rings. The normalized spacial score (nSPS) is 11.0. The minimum atomic E-state index is -4.64. The van der Waals surface area contributed by atoms with E-state index in [1.165, 1.54) is 12.4 Å². The first-order chi connectivity index (χ1) is 12.4. The van der Waals surface area contributed by atoms with Gasteiger partial charge in [-0.2, -0.15) is 18.4 Å². The molecule has 2 heterocycles. The smallest absolute Gasteiger partial charge is 0.339 e. The maximum atomic E-state index is 13.2. The predicted octanol–water partition coefficient (Wildman–Crippen LogP) is 4.48. The SMILES string of the molecule is Cc1ccc(C#N)c(Nc2cc(C(F)(F)F)nc(-c3cccnc3)n2)c1. The number of rotatable bonds is 3. The van der Waals surface area contributed by atoms with Gasteiger partial charge in [-0.25, -0.2) is 9.97 Å². The van der Waals surface area contributed by atoms with Gasteiger partial charge in [0, 0.05) is 24.0 Å². The molecule has 0 atom stereocenters. The van der Waals surface area contributed by atoms with Crippen LogP contribution in [0.15, 0.2) is 48.8 Å². The zero-order valence-electron chi connectivity index (χ0n) is 13.5. The molecule has 0 aliphatic heterocycles. The highest BCUT2D eigenvalue weighted by molar-refractivity contribution is 5.67. The number of aromatic nitrogens is 3. The minimum absolute atomic E-state index is 0.0618. The Morgan fingerprint density at radius 3 is 2.58 bits per heavy atom. The summed E-state index contributed by atoms with van der Waals surface area (Å²) in [6.45, 7) is 1.81. The lowest BCUT2D eigenvalue weighted by atomic mass is 10.1. The minimum Gasteiger partial charge on any atom is -0.339 e. The van der Waals surface area contributed by atoms with Crippen molar-refractivity contribution in [2.45, 2.75) is 13.1 Å². The van der Waals surface area contributed by atoms with Gasteiger partial charge in [0.2, 0.25) is 0 Å². The van der Waals surface area contributed by atoms with Crippen LogP contribution in [0.25, 0.3) is 11.4 Å². The van der Waals surface area contributed by atoms with Crippen LogP contribution in [-0.4, -0.2) is 15.0 Å². The van der Waals surface area contributed by atoms with Gasteiger partial charge in [0.15, 0.2) is 11.5 Å². The second kappa shape index (κ2) is 6.80. The number of benzene rings is 1. The Balaban J connectivity index is 2.10. The fourth-order valence-electron chi connectivity index (χ4n) is 2.28. The Morgan fingerprint density at radius 1 is 1.12 bits per heavy atom. The molecule has 0 saturated heterocycles. The maximum absolute atomic E-state index is 13.2. The third kappa shape index (κ3) is 3.78. The molecule has 1 aromatic carbocycles. The van der Waals surface area contributed by atoms with Gasteiger partial charge in [-0.3, -0.25) is 4.98 Å². The van der Waals surface area contributed by atoms with Crippen molar-refractivity contribution in [1.82, 2.24) is 15.0 Å². The summed E-state index contributed by atoms with van der Waals surface area (Å²) in [5, 5.41) is 12.0. The van der Waals surface area contributed by atoms with Crippen LogP contribution in [-0.2, 0) is 6.18 Å². The lowest BCUT2D eigenvalue weighted by molar-refractivity contribution is -0.141. The molecular formula is C18H12F3N5. The molecule has 0 radical (unpaired) electrons. The van der Waals surface area contributed by atoms with Gasteiger partial charge in [-0.15, -0.1) is 0 Å². The summed E-state index contributed by atoms with van der Waals surface area (Å²) >= 11 is 0. The van der Waals surface area contributed by atoms with Crippen LogP contribution < -0.4 is 5.32 Å². The van der Waals surface area contributed by atoms with E-state index in [9.17, 15) is 18.4 Å². The van der Waals surface area contributed by atoms with Crippen LogP contribution in [0.1, 0.15) is 16.8 Å². The number of nitrogens with one attached hydrogen (secondary N) is 1. The zero-order chi connectivity index (χ0) is 18.7. The van der Waals surface area contributed by atoms with E-state index < -0.39 is 11.9 Å². The van der Waals surface area contributed by atoms with Gasteiger partial charge in [0.25, 0.3) is 0 Å². The Hall–Kier alpha value is -3.47. The van der Waals surface area contributed by atoms with Crippen LogP contribution >= 0.6 is 0 Å². The van der Waals surface area contributed by atoms with Gasteiger partial charge < -0.3 is 5.32 Å². The highest BCUT2D eigenvalue weighted by atomic mass is 19.4. The third-order valence-electron chi connectivity index (χ3n) is 3.49. The van der Waals surface area contributed by atoms with Crippen LogP contribution in [0.3, 0.4) is 0 Å². The van der Waals surface area contributed by atoms with Crippen molar-refractivity contribution in [2.75, 3.05) is 5.32 Å². The summed E-state index contributed by atoms with van der Waals surface area (Å²) in [6.07, 6.45) is -1.75. The first-order valence-electron chi connectivity index (χ1n) is 7.51. The van der Waals surface area contributed by atoms with E-state index in [1.807, 2.05) is 13.0 Å². The Bertz CT molecular complexity index is 978. The largest absolute Gasteiger partial charge is 0.433 e. The molecule has 3 rings (SSSR count). The Morgan fingerprint density at radius 2 is 1.92 bits per heavy atom. The van der Waals surface area contributed by atoms with Crippen molar-refractivity contribution in [3.05, 3.63) is 65.6 Å². The van der Waals surface area contributed by atoms with Crippen LogP contribution in [0.5, 0.6) is 0 Å². The molecule has 2 aromatic heterocycles. The molecule has 0 unspecified atom stereocenters. The molecule has 0 spiro atoms. The number of pyridine rings is 1. The fraction of sp³-hybridized carbons (Fsp3) is 0.111. The summed E-state index contributed by atoms with van der Waals surface area (Å²) in [5.41, 5.74) is 0.789. The molecular weight excluding hydrogens is 343 g/mol. The first-order valence-corrected chi connectivity index (χ1v) is 7.51. The van der Waals surface area contributed by atoms with Gasteiger partial charge in [0.05, 0.1) is 11.3 Å². The average Bonchev–Trinajstić information content (AvgIpc) is 2.62. The van der Waals surface area contributed by atoms with Crippen LogP contribution in [0.4, 0.5) is 24.7 Å². The number of nitrogens with zero attached hydrogens (tertiary/aromatic N) is 4. The molecule has 0 aliphatic rings. The fourth-order valence-corrected chi connectivity index (χ4v) is 2.28. The van der Waals surface area contributed by atoms with Crippen molar-refractivity contribution in [3.8, 4) is 17.5 Å². The van der Waals surface area contributed by atoms with Crippen molar-refractivity contribution >= 4 is 11.5 Å². The second-order valence-corrected chi connectivity index (χ2v) is 5.49. The molecule has 0 saturated carbocycles. The molecule has 26 heavy (non-hydrogen) atoms. The lowest BCUT2D eigenvalue weighted by Crippen LogP contribution is -2.11. The van der Waals surface area contributed by atoms with Crippen LogP contribution in [0, 0.1) is 18.3 Å². The van der Waals surface area contributed by atoms with E-state index in [0.29, 0.717) is 16.8 Å². The molecule has 8 heteroatoms. The van der Waals surface area contributed by atoms with Gasteiger partial charge in [-0.05, 0) is 36.8 Å². The zero-order valence-corrected chi connectivity index (χ0v) is 13.5. The standard InChI is InChI=1S/C18H12F3N5/c1-11-4-5-12(9-22)14(7-11)24-16-8-15(18(19,20)21)25-17(26-16)13-3-2-6-23-10-13/h2-8,10H,1H3,(H,24,25,26). The molecule has 0 bridgehead atoms. The number of halogens is 3. The lowest BCUT2D eigenvalue weighted by Gasteiger charge is -2.13. The summed E-state index contributed by atoms with van der Waals surface area (Å²) in [5.74, 6) is -0.171. The Kier molecular flexibility index (Phi) is 4.54. The molecule has 0 amide bonds. The van der Waals surface area contributed by atoms with E-state index in [0.717, 1.165) is 11.6 Å². The number of anilines is 2. The third-order valence-corrected chi connectivity index (χ3v) is 3.49. The van der Waals surface area contributed by atoms with E-state index in [1.54, 1.807) is 30.3 Å². The number of hydrogen-bond acceptors (Lipinski definition) is 5. The van der Waals surface area contributed by atoms with Crippen molar-refractivity contribution in [3.63, 3.8) is 0 Å². The summed E-state index contributed by atoms with van der Waals surface area (Å²) in [7, 11) is 0. The van der Waals surface area contributed by atoms with Crippen molar-refractivity contribution < 1.29 is 13.2 Å². The Labute approximate surface area is 147 Å². The molecule has 130 valence electrons. The molecule has 0 fully saturated rings. The number of nitriles is 1. The van der Waals surface area contributed by atoms with Gasteiger partial charge >= 0.3 is 6.18 Å².